The molecule has 0 bridgehead atoms. The number of benzene rings is 1. The van der Waals surface area contributed by atoms with Gasteiger partial charge in [-0.05, 0) is 12.8 Å². The lowest BCUT2D eigenvalue weighted by molar-refractivity contribution is -0.133. The second-order valence-corrected chi connectivity index (χ2v) is 5.74. The Morgan fingerprint density at radius 1 is 1.38 bits per heavy atom. The zero-order valence-corrected chi connectivity index (χ0v) is 11.7. The van der Waals surface area contributed by atoms with E-state index in [-0.39, 0.29) is 17.3 Å². The summed E-state index contributed by atoms with van der Waals surface area (Å²) in [6, 6.07) is 2.06. The third kappa shape index (κ3) is 2.65. The van der Waals surface area contributed by atoms with Crippen LogP contribution in [0.2, 0.25) is 0 Å². The number of hydrogen-bond acceptors (Lipinski definition) is 3. The molecule has 0 saturated carbocycles. The van der Waals surface area contributed by atoms with Crippen molar-refractivity contribution >= 4 is 28.8 Å². The van der Waals surface area contributed by atoms with Crippen molar-refractivity contribution in [1.29, 1.82) is 0 Å². The quantitative estimate of drug-likeness (QED) is 0.695. The van der Waals surface area contributed by atoms with Crippen LogP contribution >= 0.6 is 11.8 Å². The van der Waals surface area contributed by atoms with Crippen LogP contribution in [0.4, 0.5) is 8.78 Å². The maximum absolute atomic E-state index is 13.9. The maximum Gasteiger partial charge on any atom is 0.313 e. The van der Waals surface area contributed by atoms with Gasteiger partial charge in [-0.15, -0.1) is 0 Å². The van der Waals surface area contributed by atoms with Gasteiger partial charge in [0.25, 0.3) is 0 Å². The van der Waals surface area contributed by atoms with Gasteiger partial charge in [0.05, 0.1) is 11.3 Å². The monoisotopic (exact) mass is 310 g/mol. The SMILES string of the molecule is O=C(O)CSc1nc2c(F)cc(F)cc2n1C1CC=CC1. The van der Waals surface area contributed by atoms with Crippen molar-refractivity contribution in [1.82, 2.24) is 9.55 Å². The molecule has 1 aromatic heterocycles. The third-order valence-electron chi connectivity index (χ3n) is 3.35. The first-order chi connectivity index (χ1) is 10.1. The average molecular weight is 310 g/mol. The second-order valence-electron chi connectivity index (χ2n) is 4.80. The molecular weight excluding hydrogens is 298 g/mol. The molecule has 1 N–H and O–H groups in total. The van der Waals surface area contributed by atoms with Gasteiger partial charge in [0, 0.05) is 18.2 Å². The molecule has 1 heterocycles. The number of thioether (sulfide) groups is 1. The van der Waals surface area contributed by atoms with Crippen molar-refractivity contribution in [3.63, 3.8) is 0 Å². The minimum atomic E-state index is -0.977. The van der Waals surface area contributed by atoms with Crippen molar-refractivity contribution in [3.05, 3.63) is 35.9 Å². The zero-order valence-electron chi connectivity index (χ0n) is 10.9. The third-order valence-corrected chi connectivity index (χ3v) is 4.29. The fraction of sp³-hybridized carbons (Fsp3) is 0.286. The predicted octanol–water partition coefficient (Wildman–Crippen LogP) is 3.38. The smallest absolute Gasteiger partial charge is 0.313 e. The molecule has 7 heteroatoms. The van der Waals surface area contributed by atoms with E-state index in [4.69, 9.17) is 5.11 Å². The van der Waals surface area contributed by atoms with Crippen molar-refractivity contribution < 1.29 is 18.7 Å². The summed E-state index contributed by atoms with van der Waals surface area (Å²) in [6.07, 6.45) is 5.48. The molecule has 0 spiro atoms. The molecule has 0 atom stereocenters. The molecule has 0 amide bonds. The minimum Gasteiger partial charge on any atom is -0.481 e. The molecule has 110 valence electrons. The van der Waals surface area contributed by atoms with Crippen LogP contribution in [0.1, 0.15) is 18.9 Å². The normalized spacial score (nSPS) is 15.1. The van der Waals surface area contributed by atoms with Crippen LogP contribution in [0.3, 0.4) is 0 Å². The van der Waals surface area contributed by atoms with E-state index in [2.05, 4.69) is 4.98 Å². The van der Waals surface area contributed by atoms with Crippen molar-refractivity contribution in [2.24, 2.45) is 0 Å². The van der Waals surface area contributed by atoms with Crippen molar-refractivity contribution in [2.75, 3.05) is 5.75 Å². The number of hydrogen-bond donors (Lipinski definition) is 1. The zero-order chi connectivity index (χ0) is 15.0. The van der Waals surface area contributed by atoms with E-state index in [9.17, 15) is 13.6 Å². The summed E-state index contributed by atoms with van der Waals surface area (Å²) in [7, 11) is 0. The summed E-state index contributed by atoms with van der Waals surface area (Å²) in [6.45, 7) is 0. The van der Waals surface area contributed by atoms with Gasteiger partial charge in [-0.3, -0.25) is 4.79 Å². The topological polar surface area (TPSA) is 55.1 Å². The lowest BCUT2D eigenvalue weighted by Gasteiger charge is -2.15. The summed E-state index contributed by atoms with van der Waals surface area (Å²) < 4.78 is 29.1. The van der Waals surface area contributed by atoms with E-state index < -0.39 is 17.6 Å². The number of fused-ring (bicyclic) bond motifs is 1. The number of carbonyl (C=O) groups is 1. The predicted molar refractivity (Wildman–Crippen MR) is 75.4 cm³/mol. The summed E-state index contributed by atoms with van der Waals surface area (Å²) >= 11 is 1.02. The molecule has 1 aromatic carbocycles. The Labute approximate surface area is 123 Å². The van der Waals surface area contributed by atoms with Gasteiger partial charge in [-0.25, -0.2) is 13.8 Å². The van der Waals surface area contributed by atoms with Gasteiger partial charge in [0.2, 0.25) is 0 Å². The fourth-order valence-corrected chi connectivity index (χ4v) is 3.29. The van der Waals surface area contributed by atoms with Gasteiger partial charge in [0.1, 0.15) is 11.3 Å². The average Bonchev–Trinajstić information content (AvgIpc) is 3.02. The lowest BCUT2D eigenvalue weighted by atomic mass is 10.2. The maximum atomic E-state index is 13.9. The van der Waals surface area contributed by atoms with E-state index in [1.54, 1.807) is 4.57 Å². The Morgan fingerprint density at radius 2 is 2.10 bits per heavy atom. The number of halogens is 2. The van der Waals surface area contributed by atoms with Crippen molar-refractivity contribution in [3.8, 4) is 0 Å². The number of allylic oxidation sites excluding steroid dienone is 2. The largest absolute Gasteiger partial charge is 0.481 e. The highest BCUT2D eigenvalue weighted by molar-refractivity contribution is 7.99. The number of carboxylic acid groups (broad SMARTS) is 1. The van der Waals surface area contributed by atoms with Gasteiger partial charge < -0.3 is 9.67 Å². The Kier molecular flexibility index (Phi) is 3.67. The molecule has 3 rings (SSSR count). The number of rotatable bonds is 4. The molecule has 1 aliphatic carbocycles. The Balaban J connectivity index is 2.13. The van der Waals surface area contributed by atoms with Crippen molar-refractivity contribution in [2.45, 2.75) is 24.0 Å². The molecule has 0 saturated heterocycles. The van der Waals surface area contributed by atoms with Gasteiger partial charge in [-0.1, -0.05) is 23.9 Å². The minimum absolute atomic E-state index is 0.0208. The molecule has 0 fully saturated rings. The molecule has 0 radical (unpaired) electrons. The molecule has 21 heavy (non-hydrogen) atoms. The molecule has 4 nitrogen and oxygen atoms in total. The highest BCUT2D eigenvalue weighted by atomic mass is 32.2. The fourth-order valence-electron chi connectivity index (χ4n) is 2.49. The second kappa shape index (κ2) is 5.48. The number of carboxylic acids is 1. The Morgan fingerprint density at radius 3 is 2.76 bits per heavy atom. The van der Waals surface area contributed by atoms with Crippen LogP contribution in [-0.2, 0) is 4.79 Å². The standard InChI is InChI=1S/C14H12F2N2O2S/c15-8-5-10(16)13-11(6-8)18(9-3-1-2-4-9)14(17-13)21-7-12(19)20/h1-2,5-6,9H,3-4,7H2,(H,19,20). The van der Waals surface area contributed by atoms with Crippen LogP contribution in [-0.4, -0.2) is 26.4 Å². The lowest BCUT2D eigenvalue weighted by Crippen LogP contribution is -2.08. The highest BCUT2D eigenvalue weighted by Gasteiger charge is 2.23. The van der Waals surface area contributed by atoms with E-state index >= 15 is 0 Å². The van der Waals surface area contributed by atoms with Gasteiger partial charge in [0.15, 0.2) is 11.0 Å². The van der Waals surface area contributed by atoms with Crippen LogP contribution < -0.4 is 0 Å². The first-order valence-electron chi connectivity index (χ1n) is 6.43. The summed E-state index contributed by atoms with van der Waals surface area (Å²) in [5.41, 5.74) is 0.449. The highest BCUT2D eigenvalue weighted by Crippen LogP contribution is 2.34. The Bertz CT molecular complexity index is 734. The summed E-state index contributed by atoms with van der Waals surface area (Å²) in [4.78, 5) is 14.9. The van der Waals surface area contributed by atoms with Gasteiger partial charge in [-0.2, -0.15) is 0 Å². The Hall–Kier alpha value is -1.89. The first kappa shape index (κ1) is 14.1. The molecule has 0 aliphatic heterocycles. The van der Waals surface area contributed by atoms with Crippen LogP contribution in [0.5, 0.6) is 0 Å². The van der Waals surface area contributed by atoms with Crippen LogP contribution in [0.15, 0.2) is 29.4 Å². The molecule has 0 unspecified atom stereocenters. The van der Waals surface area contributed by atoms with Crippen LogP contribution in [0, 0.1) is 11.6 Å². The molecule has 2 aromatic rings. The number of imidazole rings is 1. The van der Waals surface area contributed by atoms with E-state index in [0.717, 1.165) is 30.7 Å². The summed E-state index contributed by atoms with van der Waals surface area (Å²) in [5, 5.41) is 9.21. The molecule has 1 aliphatic rings. The van der Waals surface area contributed by atoms with Crippen LogP contribution in [0.25, 0.3) is 11.0 Å². The van der Waals surface area contributed by atoms with E-state index in [1.807, 2.05) is 12.2 Å². The summed E-state index contributed by atoms with van der Waals surface area (Å²) in [5.74, 6) is -2.54. The first-order valence-corrected chi connectivity index (χ1v) is 7.41. The van der Waals surface area contributed by atoms with E-state index in [1.165, 1.54) is 6.07 Å². The van der Waals surface area contributed by atoms with E-state index in [0.29, 0.717) is 10.7 Å². The van der Waals surface area contributed by atoms with Gasteiger partial charge >= 0.3 is 5.97 Å². The number of aliphatic carboxylic acids is 1. The molecular formula is C14H12F2N2O2S. The number of nitrogens with zero attached hydrogens (tertiary/aromatic N) is 2. The number of aromatic nitrogens is 2.